The zero-order chi connectivity index (χ0) is 37.1. The van der Waals surface area contributed by atoms with Crippen molar-refractivity contribution >= 4 is 35.0 Å². The van der Waals surface area contributed by atoms with Gasteiger partial charge in [-0.1, -0.05) is 71.1 Å². The molecule has 0 aromatic heterocycles. The lowest BCUT2D eigenvalue weighted by atomic mass is 9.82. The van der Waals surface area contributed by atoms with Crippen LogP contribution in [0.1, 0.15) is 83.2 Å². The standard InChI is InChI=1S/2C21H20ClNO3/c22-17-4-1-3-15(13-17)10-12-21(26)11-2-5-18(14-21)23-20(25)16-6-8-19(24)9-7-16;22-16-6-3-5-15(13-16)10-12-21(26)11-4-7-17(14-21)23-20(25)18-8-1-2-9-19(18)24/h1,3-4,6-9,13,18,24,26H,2,5,11,14H2,(H,23,25);1-3,5-6,8-9,13,17,24,26H,4,7,11,14H2,(H,23,25)/t18-,21+;17-,21+/m00/s1. The molecular formula is C42H40Cl2N2O6. The number of phenols is 2. The predicted molar refractivity (Wildman–Crippen MR) is 202 cm³/mol. The lowest BCUT2D eigenvalue weighted by Gasteiger charge is -2.33. The molecule has 0 aliphatic heterocycles. The van der Waals surface area contributed by atoms with Crippen LogP contribution in [0.4, 0.5) is 0 Å². The molecule has 0 heterocycles. The minimum absolute atomic E-state index is 0.0585. The van der Waals surface area contributed by atoms with E-state index in [0.717, 1.165) is 36.8 Å². The van der Waals surface area contributed by atoms with Gasteiger partial charge in [-0.2, -0.15) is 0 Å². The molecule has 0 bridgehead atoms. The van der Waals surface area contributed by atoms with Crippen molar-refractivity contribution in [2.45, 2.75) is 74.7 Å². The molecule has 2 fully saturated rings. The summed E-state index contributed by atoms with van der Waals surface area (Å²) in [6, 6.07) is 26.5. The molecule has 4 atom stereocenters. The number of hydrogen-bond acceptors (Lipinski definition) is 6. The van der Waals surface area contributed by atoms with Gasteiger partial charge in [0.1, 0.15) is 22.7 Å². The number of aliphatic hydroxyl groups is 2. The fraction of sp³-hybridized carbons (Fsp3) is 0.286. The molecule has 8 nitrogen and oxygen atoms in total. The Kier molecular flexibility index (Phi) is 12.9. The molecule has 0 spiro atoms. The molecule has 2 aliphatic rings. The maximum Gasteiger partial charge on any atom is 0.255 e. The van der Waals surface area contributed by atoms with Crippen molar-refractivity contribution in [3.8, 4) is 35.2 Å². The Morgan fingerprint density at radius 3 is 1.65 bits per heavy atom. The molecule has 10 heteroatoms. The van der Waals surface area contributed by atoms with Gasteiger partial charge in [0.25, 0.3) is 11.8 Å². The minimum Gasteiger partial charge on any atom is -0.508 e. The van der Waals surface area contributed by atoms with Crippen LogP contribution in [0.3, 0.4) is 0 Å². The van der Waals surface area contributed by atoms with Crippen LogP contribution in [-0.4, -0.2) is 55.5 Å². The molecule has 2 saturated carbocycles. The number of nitrogens with one attached hydrogen (secondary N) is 2. The molecule has 4 aromatic carbocycles. The van der Waals surface area contributed by atoms with Crippen molar-refractivity contribution in [1.29, 1.82) is 0 Å². The Labute approximate surface area is 313 Å². The van der Waals surface area contributed by atoms with E-state index in [1.165, 1.54) is 18.2 Å². The van der Waals surface area contributed by atoms with E-state index in [1.807, 2.05) is 24.3 Å². The maximum atomic E-state index is 12.4. The average Bonchev–Trinajstić information content (AvgIpc) is 3.11. The third-order valence-corrected chi connectivity index (χ3v) is 9.40. The molecular weight excluding hydrogens is 699 g/mol. The first-order valence-corrected chi connectivity index (χ1v) is 17.9. The van der Waals surface area contributed by atoms with E-state index < -0.39 is 11.2 Å². The van der Waals surface area contributed by atoms with E-state index in [9.17, 15) is 30.0 Å². The minimum atomic E-state index is -1.16. The summed E-state index contributed by atoms with van der Waals surface area (Å²) in [5, 5.41) is 47.8. The lowest BCUT2D eigenvalue weighted by molar-refractivity contribution is 0.0443. The zero-order valence-corrected chi connectivity index (χ0v) is 29.9. The number of para-hydroxylation sites is 1. The molecule has 2 amide bonds. The van der Waals surface area contributed by atoms with Gasteiger partial charge in [-0.05, 0) is 111 Å². The van der Waals surface area contributed by atoms with E-state index in [2.05, 4.69) is 34.3 Å². The number of phenolic OH excluding ortho intramolecular Hbond substituents is 2. The first-order valence-electron chi connectivity index (χ1n) is 17.1. The molecule has 4 aromatic rings. The number of hydrogen-bond donors (Lipinski definition) is 6. The summed E-state index contributed by atoms with van der Waals surface area (Å²) < 4.78 is 0. The van der Waals surface area contributed by atoms with E-state index in [4.69, 9.17) is 23.2 Å². The Bertz CT molecular complexity index is 2010. The highest BCUT2D eigenvalue weighted by molar-refractivity contribution is 6.31. The third kappa shape index (κ3) is 11.3. The lowest BCUT2D eigenvalue weighted by Crippen LogP contribution is -2.45. The van der Waals surface area contributed by atoms with Crippen LogP contribution in [0, 0.1) is 23.7 Å². The van der Waals surface area contributed by atoms with Crippen LogP contribution >= 0.6 is 23.2 Å². The molecule has 0 saturated heterocycles. The van der Waals surface area contributed by atoms with E-state index in [0.29, 0.717) is 41.3 Å². The maximum absolute atomic E-state index is 12.4. The molecule has 6 rings (SSSR count). The van der Waals surface area contributed by atoms with Gasteiger partial charge in [-0.15, -0.1) is 0 Å². The van der Waals surface area contributed by atoms with Gasteiger partial charge in [-0.25, -0.2) is 0 Å². The van der Waals surface area contributed by atoms with E-state index >= 15 is 0 Å². The number of amides is 2. The van der Waals surface area contributed by atoms with Gasteiger partial charge < -0.3 is 31.1 Å². The Morgan fingerprint density at radius 1 is 0.654 bits per heavy atom. The highest BCUT2D eigenvalue weighted by atomic mass is 35.5. The van der Waals surface area contributed by atoms with Gasteiger partial charge >= 0.3 is 0 Å². The summed E-state index contributed by atoms with van der Waals surface area (Å²) >= 11 is 11.9. The second-order valence-corrected chi connectivity index (χ2v) is 14.1. The highest BCUT2D eigenvalue weighted by Crippen LogP contribution is 2.30. The van der Waals surface area contributed by atoms with Crippen LogP contribution in [0.2, 0.25) is 10.0 Å². The van der Waals surface area contributed by atoms with Crippen LogP contribution < -0.4 is 10.6 Å². The number of halogens is 2. The summed E-state index contributed by atoms with van der Waals surface area (Å²) in [6.07, 6.45) is 4.96. The van der Waals surface area contributed by atoms with Crippen molar-refractivity contribution in [2.24, 2.45) is 0 Å². The van der Waals surface area contributed by atoms with Crippen molar-refractivity contribution in [3.05, 3.63) is 129 Å². The first kappa shape index (κ1) is 38.3. The van der Waals surface area contributed by atoms with Crippen molar-refractivity contribution < 1.29 is 30.0 Å². The third-order valence-electron chi connectivity index (χ3n) is 8.93. The fourth-order valence-electron chi connectivity index (χ4n) is 6.30. The number of aromatic hydroxyl groups is 2. The monoisotopic (exact) mass is 738 g/mol. The second-order valence-electron chi connectivity index (χ2n) is 13.2. The van der Waals surface area contributed by atoms with Gasteiger partial charge in [-0.3, -0.25) is 9.59 Å². The summed E-state index contributed by atoms with van der Waals surface area (Å²) in [5.41, 5.74) is -0.0916. The van der Waals surface area contributed by atoms with Gasteiger partial charge in [0, 0.05) is 51.7 Å². The summed E-state index contributed by atoms with van der Waals surface area (Å²) in [7, 11) is 0. The smallest absolute Gasteiger partial charge is 0.255 e. The molecule has 268 valence electrons. The number of benzene rings is 4. The normalized spacial score (nSPS) is 22.2. The SMILES string of the molecule is O=C(N[C@H]1CCC[C@@](O)(C#Cc2cccc(Cl)c2)C1)c1ccc(O)cc1.O=C(N[C@H]1CCC[C@@](O)(C#Cc2cccc(Cl)c2)C1)c1ccccc1O. The van der Waals surface area contributed by atoms with Crippen LogP contribution in [0.15, 0.2) is 97.1 Å². The van der Waals surface area contributed by atoms with Crippen LogP contribution in [0.5, 0.6) is 11.5 Å². The molecule has 0 unspecified atom stereocenters. The van der Waals surface area contributed by atoms with Gasteiger partial charge in [0.15, 0.2) is 0 Å². The van der Waals surface area contributed by atoms with Crippen LogP contribution in [0.25, 0.3) is 0 Å². The predicted octanol–water partition coefficient (Wildman–Crippen LogP) is 7.00. The first-order chi connectivity index (χ1) is 24.9. The van der Waals surface area contributed by atoms with Crippen molar-refractivity contribution in [1.82, 2.24) is 10.6 Å². The largest absolute Gasteiger partial charge is 0.508 e. The number of carbonyl (C=O) groups excluding carboxylic acids is 2. The summed E-state index contributed by atoms with van der Waals surface area (Å²) in [5.74, 6) is 11.3. The van der Waals surface area contributed by atoms with Crippen molar-refractivity contribution in [2.75, 3.05) is 0 Å². The molecule has 6 N–H and O–H groups in total. The Hall–Kier alpha value is -4.96. The topological polar surface area (TPSA) is 139 Å². The quantitative estimate of drug-likeness (QED) is 0.125. The number of carbonyl (C=O) groups is 2. The molecule has 52 heavy (non-hydrogen) atoms. The zero-order valence-electron chi connectivity index (χ0n) is 28.4. The number of rotatable bonds is 4. The highest BCUT2D eigenvalue weighted by Gasteiger charge is 2.35. The average molecular weight is 740 g/mol. The Balaban J connectivity index is 0.000000201. The fourth-order valence-corrected chi connectivity index (χ4v) is 6.68. The van der Waals surface area contributed by atoms with Gasteiger partial charge in [0.2, 0.25) is 0 Å². The molecule has 2 aliphatic carbocycles. The van der Waals surface area contributed by atoms with Crippen molar-refractivity contribution in [3.63, 3.8) is 0 Å². The van der Waals surface area contributed by atoms with Crippen LogP contribution in [-0.2, 0) is 0 Å². The second kappa shape index (κ2) is 17.5. The summed E-state index contributed by atoms with van der Waals surface area (Å²) in [6.45, 7) is 0. The van der Waals surface area contributed by atoms with Gasteiger partial charge in [0.05, 0.1) is 5.56 Å². The van der Waals surface area contributed by atoms with E-state index in [1.54, 1.807) is 54.6 Å². The van der Waals surface area contributed by atoms with E-state index in [-0.39, 0.29) is 41.0 Å². The summed E-state index contributed by atoms with van der Waals surface area (Å²) in [4.78, 5) is 24.7. The Morgan fingerprint density at radius 2 is 1.15 bits per heavy atom. The molecule has 0 radical (unpaired) electrons.